The minimum absolute atomic E-state index is 0.0773. The zero-order valence-electron chi connectivity index (χ0n) is 9.65. The van der Waals surface area contributed by atoms with Gasteiger partial charge in [0.2, 0.25) is 0 Å². The van der Waals surface area contributed by atoms with Gasteiger partial charge in [-0.3, -0.25) is 9.36 Å². The number of hydrogen-bond donors (Lipinski definition) is 4. The van der Waals surface area contributed by atoms with E-state index in [1.54, 1.807) is 6.07 Å². The molecule has 0 bridgehead atoms. The van der Waals surface area contributed by atoms with E-state index in [0.717, 1.165) is 11.1 Å². The Balaban J connectivity index is 2.51. The van der Waals surface area contributed by atoms with Gasteiger partial charge in [0.1, 0.15) is 0 Å². The number of aromatic amines is 1. The summed E-state index contributed by atoms with van der Waals surface area (Å²) in [6, 6.07) is 3.63. The minimum Gasteiger partial charge on any atom is -0.363 e. The van der Waals surface area contributed by atoms with Gasteiger partial charge < -0.3 is 15.6 Å². The lowest BCUT2D eigenvalue weighted by Gasteiger charge is -2.06. The molecule has 1 amide bonds. The second-order valence-electron chi connectivity index (χ2n) is 3.87. The van der Waals surface area contributed by atoms with Crippen LogP contribution < -0.4 is 10.8 Å². The third-order valence-electron chi connectivity index (χ3n) is 2.64. The lowest BCUT2D eigenvalue weighted by atomic mass is 10.1. The van der Waals surface area contributed by atoms with Crippen LogP contribution in [0.3, 0.4) is 0 Å². The molecule has 7 nitrogen and oxygen atoms in total. The highest BCUT2D eigenvalue weighted by molar-refractivity contribution is 7.35. The maximum Gasteiger partial charge on any atom is 0.284 e. The molecular formula is C10H13N4O3P. The Kier molecular flexibility index (Phi) is 3.47. The van der Waals surface area contributed by atoms with E-state index < -0.39 is 14.1 Å². The maximum absolute atomic E-state index is 11.1. The number of H-pyrrole nitrogens is 1. The van der Waals surface area contributed by atoms with Crippen LogP contribution in [0.1, 0.15) is 21.7 Å². The van der Waals surface area contributed by atoms with E-state index in [4.69, 9.17) is 10.6 Å². The third kappa shape index (κ3) is 2.43. The summed E-state index contributed by atoms with van der Waals surface area (Å²) in [5, 5.41) is 2.47. The summed E-state index contributed by atoms with van der Waals surface area (Å²) >= 11 is 0. The van der Waals surface area contributed by atoms with Crippen molar-refractivity contribution in [2.75, 3.05) is 0 Å². The molecule has 0 radical (unpaired) electrons. The predicted octanol–water partition coefficient (Wildman–Crippen LogP) is 0.442. The molecule has 0 saturated heterocycles. The van der Waals surface area contributed by atoms with E-state index in [0.29, 0.717) is 11.0 Å². The van der Waals surface area contributed by atoms with Gasteiger partial charge in [-0.25, -0.2) is 10.1 Å². The van der Waals surface area contributed by atoms with Crippen molar-refractivity contribution < 1.29 is 14.3 Å². The largest absolute Gasteiger partial charge is 0.363 e. The fourth-order valence-electron chi connectivity index (χ4n) is 1.74. The van der Waals surface area contributed by atoms with Crippen molar-refractivity contribution in [1.29, 1.82) is 0 Å². The maximum atomic E-state index is 11.1. The molecule has 0 fully saturated rings. The fraction of sp³-hybridized carbons (Fsp3) is 0.200. The summed E-state index contributed by atoms with van der Waals surface area (Å²) in [7, 11) is -2.76. The second-order valence-corrected chi connectivity index (χ2v) is 4.83. The van der Waals surface area contributed by atoms with Gasteiger partial charge in [0.15, 0.2) is 5.82 Å². The fourth-order valence-corrected chi connectivity index (χ4v) is 2.06. The lowest BCUT2D eigenvalue weighted by Crippen LogP contribution is -2.12. The molecule has 0 saturated carbocycles. The molecule has 0 spiro atoms. The number of amides is 1. The molecule has 96 valence electrons. The van der Waals surface area contributed by atoms with Gasteiger partial charge in [-0.15, -0.1) is 0 Å². The highest BCUT2D eigenvalue weighted by Crippen LogP contribution is 2.21. The number of aromatic nitrogens is 2. The van der Waals surface area contributed by atoms with Crippen LogP contribution in [0.4, 0.5) is 0 Å². The summed E-state index contributed by atoms with van der Waals surface area (Å²) < 4.78 is 10.7. The molecule has 1 atom stereocenters. The Hall–Kier alpha value is -1.69. The molecule has 1 unspecified atom stereocenters. The quantitative estimate of drug-likeness (QED) is 0.599. The van der Waals surface area contributed by atoms with Crippen LogP contribution in [-0.2, 0) is 11.1 Å². The van der Waals surface area contributed by atoms with Crippen molar-refractivity contribution >= 4 is 25.1 Å². The number of carbonyl (C=O) groups is 1. The molecule has 18 heavy (non-hydrogen) atoms. The van der Waals surface area contributed by atoms with E-state index in [1.807, 2.05) is 13.0 Å². The average molecular weight is 268 g/mol. The normalized spacial score (nSPS) is 12.8. The number of aryl methyl sites for hydroxylation is 1. The van der Waals surface area contributed by atoms with Crippen molar-refractivity contribution in [3.8, 4) is 0 Å². The second kappa shape index (κ2) is 4.89. The SMILES string of the molecule is Cc1ccc2[nH]c(C(N)=O)nc2c1CN[PH](=O)O. The van der Waals surface area contributed by atoms with Gasteiger partial charge in [-0.1, -0.05) is 6.07 Å². The Morgan fingerprint density at radius 2 is 2.33 bits per heavy atom. The van der Waals surface area contributed by atoms with Crippen molar-refractivity contribution in [3.05, 3.63) is 29.1 Å². The third-order valence-corrected chi connectivity index (χ3v) is 3.12. The lowest BCUT2D eigenvalue weighted by molar-refractivity contribution is 0.0991. The van der Waals surface area contributed by atoms with E-state index in [1.165, 1.54) is 0 Å². The number of primary amides is 1. The molecule has 8 heteroatoms. The smallest absolute Gasteiger partial charge is 0.284 e. The first kappa shape index (κ1) is 12.8. The van der Waals surface area contributed by atoms with Crippen molar-refractivity contribution in [3.63, 3.8) is 0 Å². The summed E-state index contributed by atoms with van der Waals surface area (Å²) in [5.41, 5.74) is 8.09. The molecule has 5 N–H and O–H groups in total. The zero-order chi connectivity index (χ0) is 13.3. The Morgan fingerprint density at radius 3 is 2.94 bits per heavy atom. The molecule has 1 aromatic heterocycles. The first-order valence-corrected chi connectivity index (χ1v) is 6.59. The molecule has 1 heterocycles. The van der Waals surface area contributed by atoms with Crippen LogP contribution in [0, 0.1) is 6.92 Å². The summed E-state index contributed by atoms with van der Waals surface area (Å²) in [6.07, 6.45) is 0. The average Bonchev–Trinajstić information content (AvgIpc) is 2.71. The van der Waals surface area contributed by atoms with Crippen molar-refractivity contribution in [1.82, 2.24) is 15.1 Å². The highest BCUT2D eigenvalue weighted by Gasteiger charge is 2.12. The molecule has 0 aliphatic rings. The standard InChI is InChI=1S/C10H13N4O3P/c1-5-2-3-7-8(6(5)4-12-18(16)17)14-10(13-7)9(11)15/h2-3,18H,4H2,1H3,(H2,11,15)(H,13,14)(H2,12,16,17). The minimum atomic E-state index is -2.76. The van der Waals surface area contributed by atoms with E-state index in [2.05, 4.69) is 15.1 Å². The van der Waals surface area contributed by atoms with Gasteiger partial charge in [-0.2, -0.15) is 0 Å². The number of benzene rings is 1. The number of nitrogens with two attached hydrogens (primary N) is 1. The molecule has 2 rings (SSSR count). The van der Waals surface area contributed by atoms with Crippen LogP contribution in [0.5, 0.6) is 0 Å². The summed E-state index contributed by atoms with van der Waals surface area (Å²) in [5.74, 6) is -0.563. The number of imidazole rings is 1. The predicted molar refractivity (Wildman–Crippen MR) is 67.4 cm³/mol. The Morgan fingerprint density at radius 1 is 1.61 bits per heavy atom. The van der Waals surface area contributed by atoms with Crippen LogP contribution >= 0.6 is 8.18 Å². The zero-order valence-corrected chi connectivity index (χ0v) is 10.7. The van der Waals surface area contributed by atoms with Gasteiger partial charge in [0.05, 0.1) is 11.0 Å². The molecule has 0 aliphatic heterocycles. The number of carbonyl (C=O) groups excluding carboxylic acids is 1. The van der Waals surface area contributed by atoms with Gasteiger partial charge in [-0.05, 0) is 24.1 Å². The number of rotatable bonds is 4. The van der Waals surface area contributed by atoms with E-state index in [9.17, 15) is 9.36 Å². The van der Waals surface area contributed by atoms with Gasteiger partial charge in [0, 0.05) is 6.54 Å². The van der Waals surface area contributed by atoms with Crippen LogP contribution in [0.25, 0.3) is 11.0 Å². The topological polar surface area (TPSA) is 121 Å². The monoisotopic (exact) mass is 268 g/mol. The number of nitrogens with zero attached hydrogens (tertiary/aromatic N) is 1. The summed E-state index contributed by atoms with van der Waals surface area (Å²) in [6.45, 7) is 2.07. The van der Waals surface area contributed by atoms with E-state index >= 15 is 0 Å². The first-order valence-electron chi connectivity index (χ1n) is 5.24. The van der Waals surface area contributed by atoms with Crippen molar-refractivity contribution in [2.24, 2.45) is 5.73 Å². The van der Waals surface area contributed by atoms with Gasteiger partial charge >= 0.3 is 0 Å². The van der Waals surface area contributed by atoms with Gasteiger partial charge in [0.25, 0.3) is 14.1 Å². The molecular weight excluding hydrogens is 255 g/mol. The van der Waals surface area contributed by atoms with Crippen LogP contribution in [-0.4, -0.2) is 20.8 Å². The molecule has 1 aromatic carbocycles. The number of nitrogens with one attached hydrogen (secondary N) is 2. The van der Waals surface area contributed by atoms with Crippen LogP contribution in [0.2, 0.25) is 0 Å². The Labute approximate surface area is 103 Å². The molecule has 0 aliphatic carbocycles. The van der Waals surface area contributed by atoms with Crippen LogP contribution in [0.15, 0.2) is 12.1 Å². The van der Waals surface area contributed by atoms with Crippen molar-refractivity contribution in [2.45, 2.75) is 13.5 Å². The highest BCUT2D eigenvalue weighted by atomic mass is 31.1. The number of hydrogen-bond acceptors (Lipinski definition) is 3. The number of fused-ring (bicyclic) bond motifs is 1. The first-order chi connectivity index (χ1) is 8.49. The summed E-state index contributed by atoms with van der Waals surface area (Å²) in [4.78, 5) is 26.8. The van der Waals surface area contributed by atoms with E-state index in [-0.39, 0.29) is 12.4 Å². The Bertz CT molecular complexity index is 637. The molecule has 2 aromatic rings.